The molecule has 10 heteroatoms. The first-order chi connectivity index (χ1) is 20.4. The second-order valence-corrected chi connectivity index (χ2v) is 9.92. The van der Waals surface area contributed by atoms with E-state index in [-0.39, 0.29) is 17.9 Å². The van der Waals surface area contributed by atoms with Gasteiger partial charge in [-0.15, -0.1) is 0 Å². The van der Waals surface area contributed by atoms with Gasteiger partial charge in [0.25, 0.3) is 0 Å². The van der Waals surface area contributed by atoms with E-state index < -0.39 is 12.4 Å². The Morgan fingerprint density at radius 2 is 1.79 bits per heavy atom. The van der Waals surface area contributed by atoms with Gasteiger partial charge in [0.15, 0.2) is 18.9 Å². The second-order valence-electron chi connectivity index (χ2n) is 9.92. The number of fused-ring (bicyclic) bond motifs is 1. The summed E-state index contributed by atoms with van der Waals surface area (Å²) in [7, 11) is 0. The van der Waals surface area contributed by atoms with Gasteiger partial charge in [-0.1, -0.05) is 30.3 Å². The number of carbonyl (C=O) groups excluding carboxylic acids is 4. The first-order valence-corrected chi connectivity index (χ1v) is 13.4. The van der Waals surface area contributed by atoms with Gasteiger partial charge in [0.05, 0.1) is 17.3 Å². The highest BCUT2D eigenvalue weighted by Crippen LogP contribution is 2.34. The number of esters is 1. The molecule has 2 aromatic carbocycles. The Balaban J connectivity index is 0.00000113. The van der Waals surface area contributed by atoms with Crippen molar-refractivity contribution in [3.63, 3.8) is 0 Å². The molecule has 0 spiro atoms. The fraction of sp³-hybridized carbons (Fsp3) is 0.188. The predicted octanol–water partition coefficient (Wildman–Crippen LogP) is 1.79. The summed E-state index contributed by atoms with van der Waals surface area (Å²) in [4.78, 5) is 51.5. The van der Waals surface area contributed by atoms with E-state index in [2.05, 4.69) is 14.9 Å². The van der Waals surface area contributed by atoms with Crippen molar-refractivity contribution in [2.75, 3.05) is 0 Å². The van der Waals surface area contributed by atoms with Crippen LogP contribution in [0, 0.1) is 0 Å². The van der Waals surface area contributed by atoms with E-state index in [0.717, 1.165) is 27.9 Å². The molecule has 2 aromatic heterocycles. The molecule has 0 radical (unpaired) electrons. The molecule has 1 N–H and O–H groups in total. The first-order valence-electron chi connectivity index (χ1n) is 13.4. The van der Waals surface area contributed by atoms with Gasteiger partial charge in [0.2, 0.25) is 11.8 Å². The Morgan fingerprint density at radius 1 is 1.02 bits per heavy atom. The lowest BCUT2D eigenvalue weighted by Crippen LogP contribution is -2.50. The van der Waals surface area contributed by atoms with Crippen molar-refractivity contribution < 1.29 is 33.6 Å². The summed E-state index contributed by atoms with van der Waals surface area (Å²) in [5, 5.41) is 10.7. The molecule has 2 amide bonds. The van der Waals surface area contributed by atoms with Gasteiger partial charge in [-0.2, -0.15) is 0 Å². The van der Waals surface area contributed by atoms with E-state index in [1.54, 1.807) is 24.4 Å². The fourth-order valence-corrected chi connectivity index (χ4v) is 5.15. The summed E-state index contributed by atoms with van der Waals surface area (Å²) >= 11 is 0. The van der Waals surface area contributed by atoms with Gasteiger partial charge < -0.3 is 14.6 Å². The third-order valence-corrected chi connectivity index (χ3v) is 7.22. The van der Waals surface area contributed by atoms with Crippen molar-refractivity contribution in [3.05, 3.63) is 114 Å². The van der Waals surface area contributed by atoms with Crippen molar-refractivity contribution in [3.8, 4) is 17.0 Å². The number of amides is 2. The van der Waals surface area contributed by atoms with E-state index in [1.807, 2.05) is 71.9 Å². The molecule has 4 aromatic rings. The first kappa shape index (κ1) is 28.3. The van der Waals surface area contributed by atoms with Gasteiger partial charge in [-0.3, -0.25) is 24.8 Å². The molecule has 0 bridgehead atoms. The summed E-state index contributed by atoms with van der Waals surface area (Å²) in [5.41, 5.74) is 5.43. The fourth-order valence-electron chi connectivity index (χ4n) is 5.15. The van der Waals surface area contributed by atoms with Crippen LogP contribution in [-0.4, -0.2) is 40.2 Å². The zero-order valence-electron chi connectivity index (χ0n) is 22.6. The van der Waals surface area contributed by atoms with Crippen LogP contribution in [0.3, 0.4) is 0 Å². The lowest BCUT2D eigenvalue weighted by Gasteiger charge is -2.29. The number of pyridine rings is 2. The third-order valence-electron chi connectivity index (χ3n) is 7.22. The zero-order chi connectivity index (χ0) is 29.5. The number of carboxylic acid groups (broad SMARTS) is 1. The topological polar surface area (TPSA) is 133 Å². The highest BCUT2D eigenvalue weighted by atomic mass is 16.5. The monoisotopic (exact) mass is 564 g/mol. The normalized spacial score (nSPS) is 16.0. The van der Waals surface area contributed by atoms with Gasteiger partial charge in [0, 0.05) is 61.0 Å². The number of rotatable bonds is 6. The molecule has 1 unspecified atom stereocenters. The van der Waals surface area contributed by atoms with E-state index in [1.165, 1.54) is 0 Å². The zero-order valence-corrected chi connectivity index (χ0v) is 22.6. The Kier molecular flexibility index (Phi) is 8.74. The van der Waals surface area contributed by atoms with Crippen LogP contribution in [-0.2, 0) is 34.0 Å². The minimum Gasteiger partial charge on any atom is -0.554 e. The number of benzene rings is 2. The molecule has 10 nitrogen and oxygen atoms in total. The minimum atomic E-state index is -0.500. The molecule has 2 aliphatic rings. The molecule has 1 saturated heterocycles. The average Bonchev–Trinajstić information content (AvgIpc) is 3.44. The maximum atomic E-state index is 13.0. The maximum absolute atomic E-state index is 13.0. The van der Waals surface area contributed by atoms with Crippen LogP contribution in [0.5, 0.6) is 5.75 Å². The van der Waals surface area contributed by atoms with Gasteiger partial charge in [-0.25, -0.2) is 9.36 Å². The lowest BCUT2D eigenvalue weighted by atomic mass is 10.0. The quantitative estimate of drug-likeness (QED) is 0.123. The van der Waals surface area contributed by atoms with Crippen molar-refractivity contribution in [2.24, 2.45) is 0 Å². The number of piperidine rings is 1. The van der Waals surface area contributed by atoms with Gasteiger partial charge in [0.1, 0.15) is 5.75 Å². The van der Waals surface area contributed by atoms with Crippen LogP contribution >= 0.6 is 0 Å². The Hall–Kier alpha value is -5.22. The number of hydrogen-bond acceptors (Lipinski definition) is 8. The van der Waals surface area contributed by atoms with E-state index >= 15 is 0 Å². The van der Waals surface area contributed by atoms with Crippen molar-refractivity contribution in [2.45, 2.75) is 38.5 Å². The van der Waals surface area contributed by atoms with Crippen LogP contribution in [0.2, 0.25) is 0 Å². The minimum absolute atomic E-state index is 0.231. The summed E-state index contributed by atoms with van der Waals surface area (Å²) in [5.74, 6) is -0.424. The molecule has 0 saturated carbocycles. The van der Waals surface area contributed by atoms with Crippen LogP contribution in [0.1, 0.15) is 39.9 Å². The summed E-state index contributed by atoms with van der Waals surface area (Å²) in [6, 6.07) is 22.6. The van der Waals surface area contributed by atoms with Crippen molar-refractivity contribution >= 4 is 24.3 Å². The van der Waals surface area contributed by atoms with E-state index in [9.17, 15) is 14.4 Å². The highest BCUT2D eigenvalue weighted by Gasteiger charge is 2.35. The van der Waals surface area contributed by atoms with Crippen LogP contribution < -0.4 is 19.7 Å². The largest absolute Gasteiger partial charge is 0.554 e. The molecule has 1 atom stereocenters. The third kappa shape index (κ3) is 6.56. The summed E-state index contributed by atoms with van der Waals surface area (Å²) in [6.45, 7) is 1.22. The maximum Gasteiger partial charge on any atom is 0.343 e. The number of ether oxygens (including phenoxy) is 1. The molecule has 4 heterocycles. The molecule has 6 rings (SSSR count). The highest BCUT2D eigenvalue weighted by molar-refractivity contribution is 6.00. The van der Waals surface area contributed by atoms with E-state index in [4.69, 9.17) is 14.6 Å². The average molecular weight is 565 g/mol. The number of aromatic nitrogens is 2. The van der Waals surface area contributed by atoms with Gasteiger partial charge in [-0.05, 0) is 42.3 Å². The molecule has 42 heavy (non-hydrogen) atoms. The van der Waals surface area contributed by atoms with E-state index in [0.29, 0.717) is 43.8 Å². The second kappa shape index (κ2) is 13.0. The SMILES string of the molecule is O=C1CCC(N2Cc3cccc(OC(=O)c4ccc(C[n+]5ccc(-c6ccccn6)cc5)cc4)c3C2)C(=O)N1.O=C[O-]. The number of carbonyl (C=O) groups is 4. The number of imide groups is 1. The smallest absolute Gasteiger partial charge is 0.343 e. The lowest BCUT2D eigenvalue weighted by molar-refractivity contribution is -0.688. The molecule has 2 aliphatic heterocycles. The molecular weight excluding hydrogens is 536 g/mol. The number of nitrogens with one attached hydrogen (secondary N) is 1. The van der Waals surface area contributed by atoms with Crippen LogP contribution in [0.25, 0.3) is 11.3 Å². The summed E-state index contributed by atoms with van der Waals surface area (Å²) in [6.07, 6.45) is 6.63. The number of nitrogens with zero attached hydrogens (tertiary/aromatic N) is 3. The van der Waals surface area contributed by atoms with Crippen LogP contribution in [0.4, 0.5) is 0 Å². The van der Waals surface area contributed by atoms with Crippen molar-refractivity contribution in [1.82, 2.24) is 15.2 Å². The molecule has 1 fully saturated rings. The predicted molar refractivity (Wildman–Crippen MR) is 148 cm³/mol. The number of hydrogen-bond donors (Lipinski definition) is 1. The summed E-state index contributed by atoms with van der Waals surface area (Å²) < 4.78 is 7.88. The van der Waals surface area contributed by atoms with Crippen LogP contribution in [0.15, 0.2) is 91.4 Å². The molecular formula is C32H28N4O6. The van der Waals surface area contributed by atoms with Crippen molar-refractivity contribution in [1.29, 1.82) is 0 Å². The Bertz CT molecular complexity index is 1590. The molecule has 0 aliphatic carbocycles. The van der Waals surface area contributed by atoms with Gasteiger partial charge >= 0.3 is 5.97 Å². The molecule has 212 valence electrons. The standard InChI is InChI=1S/C31H26N4O4.CH2O2/c36-29-12-11-27(30(37)33-29)35-19-24-4-3-6-28(25(24)20-35)39-31(38)23-9-7-21(8-10-23)18-34-16-13-22(14-17-34)26-5-1-2-15-32-26;2-1-3/h1-10,13-17,27H,11-12,18-20H2;1H,(H,2,3). The Labute approximate surface area is 242 Å². The Morgan fingerprint density at radius 3 is 2.48 bits per heavy atom.